The number of thioether (sulfide) groups is 1. The number of hydrogen-bond donors (Lipinski definition) is 2. The van der Waals surface area contributed by atoms with Gasteiger partial charge in [-0.3, -0.25) is 14.6 Å². The summed E-state index contributed by atoms with van der Waals surface area (Å²) in [5.74, 6) is -0.0505. The lowest BCUT2D eigenvalue weighted by Crippen LogP contribution is -2.17. The number of hydrogen-bond acceptors (Lipinski definition) is 5. The summed E-state index contributed by atoms with van der Waals surface area (Å²) in [4.78, 5) is 26.6. The standard InChI is InChI=1S/C17H14N4O2S/c22-14(18-13-9-5-2-6-10-13)11-24-17-19-16(23)15(20-21-17)12-7-3-1-4-8-12/h1-10H,11H2,(H,18,22)(H,19,21,23). The van der Waals surface area contributed by atoms with Crippen LogP contribution in [0.2, 0.25) is 0 Å². The van der Waals surface area contributed by atoms with Crippen molar-refractivity contribution in [2.75, 3.05) is 11.1 Å². The summed E-state index contributed by atoms with van der Waals surface area (Å²) in [5.41, 5.74) is 1.35. The first-order valence-corrected chi connectivity index (χ1v) is 8.21. The number of rotatable bonds is 5. The van der Waals surface area contributed by atoms with Crippen LogP contribution in [0.15, 0.2) is 70.6 Å². The molecule has 3 rings (SSSR count). The molecule has 1 heterocycles. The van der Waals surface area contributed by atoms with Crippen molar-refractivity contribution in [3.05, 3.63) is 71.0 Å². The van der Waals surface area contributed by atoms with Crippen LogP contribution in [0.5, 0.6) is 0 Å². The van der Waals surface area contributed by atoms with E-state index >= 15 is 0 Å². The Kier molecular flexibility index (Phi) is 5.02. The molecule has 24 heavy (non-hydrogen) atoms. The van der Waals surface area contributed by atoms with Gasteiger partial charge in [0.2, 0.25) is 5.91 Å². The number of anilines is 1. The Hall–Kier alpha value is -2.93. The number of carbonyl (C=O) groups excluding carboxylic acids is 1. The molecule has 0 unspecified atom stereocenters. The van der Waals surface area contributed by atoms with Crippen molar-refractivity contribution in [1.82, 2.24) is 15.2 Å². The van der Waals surface area contributed by atoms with Crippen molar-refractivity contribution in [3.8, 4) is 11.3 Å². The highest BCUT2D eigenvalue weighted by Gasteiger charge is 2.09. The molecular weight excluding hydrogens is 324 g/mol. The SMILES string of the molecule is O=C(CSc1nnc(-c2ccccc2)c(=O)[nH]1)Nc1ccccc1. The first-order valence-electron chi connectivity index (χ1n) is 7.22. The van der Waals surface area contributed by atoms with Crippen LogP contribution >= 0.6 is 11.8 Å². The zero-order valence-electron chi connectivity index (χ0n) is 12.6. The van der Waals surface area contributed by atoms with Crippen molar-refractivity contribution in [2.24, 2.45) is 0 Å². The monoisotopic (exact) mass is 338 g/mol. The number of carbonyl (C=O) groups is 1. The first kappa shape index (κ1) is 15.9. The average Bonchev–Trinajstić information content (AvgIpc) is 2.62. The summed E-state index contributed by atoms with van der Waals surface area (Å²) in [6.07, 6.45) is 0. The summed E-state index contributed by atoms with van der Waals surface area (Å²) in [6.45, 7) is 0. The summed E-state index contributed by atoms with van der Waals surface area (Å²) in [5, 5.41) is 11.0. The van der Waals surface area contributed by atoms with Crippen LogP contribution in [0, 0.1) is 0 Å². The summed E-state index contributed by atoms with van der Waals surface area (Å²) in [7, 11) is 0. The van der Waals surface area contributed by atoms with Crippen LogP contribution < -0.4 is 10.9 Å². The Bertz CT molecular complexity index is 882. The van der Waals surface area contributed by atoms with E-state index in [-0.39, 0.29) is 22.9 Å². The molecule has 0 saturated heterocycles. The zero-order chi connectivity index (χ0) is 16.8. The molecule has 7 heteroatoms. The highest BCUT2D eigenvalue weighted by Crippen LogP contribution is 2.14. The van der Waals surface area contributed by atoms with Crippen molar-refractivity contribution in [1.29, 1.82) is 0 Å². The van der Waals surface area contributed by atoms with E-state index in [2.05, 4.69) is 20.5 Å². The van der Waals surface area contributed by atoms with Crippen molar-refractivity contribution in [3.63, 3.8) is 0 Å². The second kappa shape index (κ2) is 7.56. The summed E-state index contributed by atoms with van der Waals surface area (Å²) in [6, 6.07) is 18.3. The fourth-order valence-electron chi connectivity index (χ4n) is 2.02. The van der Waals surface area contributed by atoms with Crippen LogP contribution in [0.1, 0.15) is 0 Å². The van der Waals surface area contributed by atoms with E-state index in [1.54, 1.807) is 24.3 Å². The number of amides is 1. The number of nitrogens with zero attached hydrogens (tertiary/aromatic N) is 2. The fourth-order valence-corrected chi connectivity index (χ4v) is 2.63. The Morgan fingerprint density at radius 3 is 2.33 bits per heavy atom. The molecule has 0 aliphatic rings. The lowest BCUT2D eigenvalue weighted by molar-refractivity contribution is -0.113. The Morgan fingerprint density at radius 2 is 1.67 bits per heavy atom. The third kappa shape index (κ3) is 4.08. The third-order valence-electron chi connectivity index (χ3n) is 3.12. The third-order valence-corrected chi connectivity index (χ3v) is 3.98. The van der Waals surface area contributed by atoms with Crippen LogP contribution in [0.25, 0.3) is 11.3 Å². The van der Waals surface area contributed by atoms with Crippen LogP contribution in [-0.4, -0.2) is 26.8 Å². The highest BCUT2D eigenvalue weighted by atomic mass is 32.2. The molecule has 0 saturated carbocycles. The van der Waals surface area contributed by atoms with E-state index in [1.165, 1.54) is 0 Å². The van der Waals surface area contributed by atoms with Crippen LogP contribution in [-0.2, 0) is 4.79 Å². The zero-order valence-corrected chi connectivity index (χ0v) is 13.4. The summed E-state index contributed by atoms with van der Waals surface area (Å²) < 4.78 is 0. The van der Waals surface area contributed by atoms with Gasteiger partial charge in [0.05, 0.1) is 5.75 Å². The van der Waals surface area contributed by atoms with Crippen molar-refractivity contribution >= 4 is 23.4 Å². The average molecular weight is 338 g/mol. The topological polar surface area (TPSA) is 87.7 Å². The van der Waals surface area contributed by atoms with E-state index in [9.17, 15) is 9.59 Å². The van der Waals surface area contributed by atoms with Gasteiger partial charge < -0.3 is 5.32 Å². The van der Waals surface area contributed by atoms with E-state index < -0.39 is 0 Å². The smallest absolute Gasteiger partial charge is 0.278 e. The van der Waals surface area contributed by atoms with Gasteiger partial charge in [0, 0.05) is 11.3 Å². The second-order valence-corrected chi connectivity index (χ2v) is 5.84. The number of aromatic nitrogens is 3. The maximum Gasteiger partial charge on any atom is 0.278 e. The number of H-pyrrole nitrogens is 1. The largest absolute Gasteiger partial charge is 0.325 e. The summed E-state index contributed by atoms with van der Waals surface area (Å²) >= 11 is 1.12. The van der Waals surface area contributed by atoms with Gasteiger partial charge in [-0.1, -0.05) is 60.3 Å². The molecule has 0 spiro atoms. The van der Waals surface area contributed by atoms with E-state index in [0.29, 0.717) is 10.7 Å². The molecular formula is C17H14N4O2S. The lowest BCUT2D eigenvalue weighted by Gasteiger charge is -2.04. The predicted octanol–water partition coefficient (Wildman–Crippen LogP) is 2.56. The van der Waals surface area contributed by atoms with E-state index in [1.807, 2.05) is 36.4 Å². The molecule has 1 aromatic heterocycles. The number of para-hydroxylation sites is 1. The molecule has 0 atom stereocenters. The molecule has 1 amide bonds. The lowest BCUT2D eigenvalue weighted by atomic mass is 10.2. The second-order valence-electron chi connectivity index (χ2n) is 4.88. The Morgan fingerprint density at radius 1 is 1.00 bits per heavy atom. The Balaban J connectivity index is 1.63. The molecule has 0 aliphatic heterocycles. The maximum atomic E-state index is 12.1. The van der Waals surface area contributed by atoms with Gasteiger partial charge in [0.1, 0.15) is 0 Å². The number of nitrogens with one attached hydrogen (secondary N) is 2. The minimum Gasteiger partial charge on any atom is -0.325 e. The number of aromatic amines is 1. The molecule has 2 aromatic carbocycles. The predicted molar refractivity (Wildman–Crippen MR) is 93.9 cm³/mol. The van der Waals surface area contributed by atoms with Gasteiger partial charge in [0.25, 0.3) is 5.56 Å². The van der Waals surface area contributed by atoms with Gasteiger partial charge in [-0.25, -0.2) is 0 Å². The molecule has 0 radical (unpaired) electrons. The molecule has 0 bridgehead atoms. The number of benzene rings is 2. The first-order chi connectivity index (χ1) is 11.7. The van der Waals surface area contributed by atoms with Crippen LogP contribution in [0.4, 0.5) is 5.69 Å². The Labute approximate surface area is 142 Å². The minimum absolute atomic E-state index is 0.129. The minimum atomic E-state index is -0.331. The van der Waals surface area contributed by atoms with Gasteiger partial charge in [-0.15, -0.1) is 10.2 Å². The van der Waals surface area contributed by atoms with Gasteiger partial charge in [-0.05, 0) is 12.1 Å². The van der Waals surface area contributed by atoms with E-state index in [4.69, 9.17) is 0 Å². The van der Waals surface area contributed by atoms with Crippen molar-refractivity contribution in [2.45, 2.75) is 5.16 Å². The van der Waals surface area contributed by atoms with Gasteiger partial charge in [-0.2, -0.15) is 0 Å². The highest BCUT2D eigenvalue weighted by molar-refractivity contribution is 7.99. The fraction of sp³-hybridized carbons (Fsp3) is 0.0588. The molecule has 2 N–H and O–H groups in total. The van der Waals surface area contributed by atoms with Crippen molar-refractivity contribution < 1.29 is 4.79 Å². The molecule has 3 aromatic rings. The quantitative estimate of drug-likeness (QED) is 0.698. The molecule has 6 nitrogen and oxygen atoms in total. The maximum absolute atomic E-state index is 12.1. The van der Waals surface area contributed by atoms with E-state index in [0.717, 1.165) is 17.4 Å². The normalized spacial score (nSPS) is 10.3. The molecule has 120 valence electrons. The van der Waals surface area contributed by atoms with Gasteiger partial charge >= 0.3 is 0 Å². The molecule has 0 aliphatic carbocycles. The van der Waals surface area contributed by atoms with Gasteiger partial charge in [0.15, 0.2) is 10.9 Å². The molecule has 0 fully saturated rings. The van der Waals surface area contributed by atoms with Crippen LogP contribution in [0.3, 0.4) is 0 Å².